The lowest BCUT2D eigenvalue weighted by Crippen LogP contribution is -2.09. The van der Waals surface area contributed by atoms with Crippen molar-refractivity contribution in [3.05, 3.63) is 29.1 Å². The summed E-state index contributed by atoms with van der Waals surface area (Å²) in [4.78, 5) is 0. The summed E-state index contributed by atoms with van der Waals surface area (Å²) >= 11 is 0. The monoisotopic (exact) mass is 209 g/mol. The minimum Gasteiger partial charge on any atom is -0.494 e. The lowest BCUT2D eigenvalue weighted by molar-refractivity contribution is 0.382. The molecule has 0 saturated carbocycles. The third kappa shape index (κ3) is 1.97. The van der Waals surface area contributed by atoms with Crippen molar-refractivity contribution in [2.45, 2.75) is 19.3 Å². The molecule has 0 amide bonds. The highest BCUT2D eigenvalue weighted by Crippen LogP contribution is 2.31. The first kappa shape index (κ1) is 10.4. The molecule has 1 fully saturated rings. The van der Waals surface area contributed by atoms with Crippen LogP contribution in [0.2, 0.25) is 0 Å². The van der Waals surface area contributed by atoms with Crippen molar-refractivity contribution in [2.24, 2.45) is 0 Å². The van der Waals surface area contributed by atoms with Crippen LogP contribution in [-0.4, -0.2) is 20.2 Å². The van der Waals surface area contributed by atoms with Crippen LogP contribution >= 0.6 is 0 Å². The van der Waals surface area contributed by atoms with Crippen molar-refractivity contribution < 1.29 is 9.13 Å². The summed E-state index contributed by atoms with van der Waals surface area (Å²) in [5, 5.41) is 3.25. The molecule has 1 aliphatic rings. The highest BCUT2D eigenvalue weighted by atomic mass is 19.1. The Labute approximate surface area is 89.4 Å². The molecule has 0 radical (unpaired) electrons. The molecule has 0 aromatic heterocycles. The van der Waals surface area contributed by atoms with E-state index < -0.39 is 0 Å². The highest BCUT2D eigenvalue weighted by molar-refractivity contribution is 5.38. The fourth-order valence-corrected chi connectivity index (χ4v) is 2.13. The van der Waals surface area contributed by atoms with Crippen molar-refractivity contribution in [1.29, 1.82) is 0 Å². The van der Waals surface area contributed by atoms with Gasteiger partial charge in [0.25, 0.3) is 0 Å². The van der Waals surface area contributed by atoms with Crippen LogP contribution < -0.4 is 10.1 Å². The Hall–Kier alpha value is -1.09. The molecule has 1 N–H and O–H groups in total. The van der Waals surface area contributed by atoms with E-state index in [-0.39, 0.29) is 5.82 Å². The van der Waals surface area contributed by atoms with Gasteiger partial charge >= 0.3 is 0 Å². The van der Waals surface area contributed by atoms with Crippen molar-refractivity contribution in [1.82, 2.24) is 5.32 Å². The van der Waals surface area contributed by atoms with E-state index in [1.165, 1.54) is 7.11 Å². The Bertz CT molecular complexity index is 359. The lowest BCUT2D eigenvalue weighted by Gasteiger charge is -2.13. The van der Waals surface area contributed by atoms with Gasteiger partial charge in [-0.3, -0.25) is 0 Å². The van der Waals surface area contributed by atoms with Crippen molar-refractivity contribution >= 4 is 0 Å². The Morgan fingerprint density at radius 3 is 2.87 bits per heavy atom. The van der Waals surface area contributed by atoms with E-state index in [0.29, 0.717) is 11.7 Å². The molecule has 2 rings (SSSR count). The van der Waals surface area contributed by atoms with Gasteiger partial charge in [-0.05, 0) is 37.1 Å². The van der Waals surface area contributed by atoms with E-state index in [4.69, 9.17) is 4.74 Å². The van der Waals surface area contributed by atoms with E-state index in [0.717, 1.165) is 30.6 Å². The smallest absolute Gasteiger partial charge is 0.168 e. The van der Waals surface area contributed by atoms with Crippen LogP contribution in [0.3, 0.4) is 0 Å². The first-order valence-corrected chi connectivity index (χ1v) is 5.27. The average molecular weight is 209 g/mol. The number of benzene rings is 1. The number of methoxy groups -OCH3 is 1. The van der Waals surface area contributed by atoms with Crippen LogP contribution in [0, 0.1) is 12.7 Å². The number of rotatable bonds is 2. The molecule has 3 heteroatoms. The number of ether oxygens (including phenoxy) is 1. The van der Waals surface area contributed by atoms with Gasteiger partial charge in [-0.15, -0.1) is 0 Å². The van der Waals surface area contributed by atoms with E-state index in [9.17, 15) is 4.39 Å². The van der Waals surface area contributed by atoms with Crippen LogP contribution in [0.25, 0.3) is 0 Å². The van der Waals surface area contributed by atoms with Gasteiger partial charge in [-0.25, -0.2) is 4.39 Å². The van der Waals surface area contributed by atoms with Crippen LogP contribution in [0.5, 0.6) is 5.75 Å². The molecule has 1 aromatic carbocycles. The molecule has 1 unspecified atom stereocenters. The van der Waals surface area contributed by atoms with Gasteiger partial charge in [0.05, 0.1) is 7.11 Å². The van der Waals surface area contributed by atoms with Crippen LogP contribution in [0.4, 0.5) is 4.39 Å². The molecule has 1 aliphatic heterocycles. The molecule has 0 aliphatic carbocycles. The first-order valence-electron chi connectivity index (χ1n) is 5.27. The fraction of sp³-hybridized carbons (Fsp3) is 0.500. The molecule has 1 aromatic rings. The van der Waals surface area contributed by atoms with Gasteiger partial charge in [0.15, 0.2) is 11.6 Å². The van der Waals surface area contributed by atoms with Crippen molar-refractivity contribution in [2.75, 3.05) is 20.2 Å². The van der Waals surface area contributed by atoms with Gasteiger partial charge in [0, 0.05) is 12.5 Å². The maximum Gasteiger partial charge on any atom is 0.168 e. The zero-order valence-electron chi connectivity index (χ0n) is 9.14. The van der Waals surface area contributed by atoms with Crippen LogP contribution in [-0.2, 0) is 0 Å². The Morgan fingerprint density at radius 1 is 1.47 bits per heavy atom. The highest BCUT2D eigenvalue weighted by Gasteiger charge is 2.22. The molecule has 1 saturated heterocycles. The summed E-state index contributed by atoms with van der Waals surface area (Å²) in [5.74, 6) is 0.451. The summed E-state index contributed by atoms with van der Waals surface area (Å²) in [6.45, 7) is 3.80. The zero-order chi connectivity index (χ0) is 10.8. The molecule has 0 spiro atoms. The third-order valence-electron chi connectivity index (χ3n) is 2.93. The number of aryl methyl sites for hydroxylation is 1. The van der Waals surface area contributed by atoms with E-state index in [1.54, 1.807) is 6.07 Å². The predicted molar refractivity (Wildman–Crippen MR) is 57.9 cm³/mol. The zero-order valence-corrected chi connectivity index (χ0v) is 9.14. The molecule has 15 heavy (non-hydrogen) atoms. The van der Waals surface area contributed by atoms with Crippen molar-refractivity contribution in [3.63, 3.8) is 0 Å². The second kappa shape index (κ2) is 4.19. The lowest BCUT2D eigenvalue weighted by atomic mass is 9.96. The fourth-order valence-electron chi connectivity index (χ4n) is 2.13. The molecule has 82 valence electrons. The molecule has 1 atom stereocenters. The predicted octanol–water partition coefficient (Wildman–Crippen LogP) is 2.22. The Morgan fingerprint density at radius 2 is 2.27 bits per heavy atom. The van der Waals surface area contributed by atoms with E-state index in [2.05, 4.69) is 5.32 Å². The van der Waals surface area contributed by atoms with E-state index >= 15 is 0 Å². The van der Waals surface area contributed by atoms with Crippen molar-refractivity contribution in [3.8, 4) is 5.75 Å². The minimum atomic E-state index is -0.197. The topological polar surface area (TPSA) is 21.3 Å². The minimum absolute atomic E-state index is 0.197. The second-order valence-electron chi connectivity index (χ2n) is 4.06. The maximum absolute atomic E-state index is 14.0. The third-order valence-corrected chi connectivity index (χ3v) is 2.93. The molecular weight excluding hydrogens is 193 g/mol. The maximum atomic E-state index is 14.0. The quantitative estimate of drug-likeness (QED) is 0.806. The first-order chi connectivity index (χ1) is 7.22. The summed E-state index contributed by atoms with van der Waals surface area (Å²) in [7, 11) is 1.51. The van der Waals surface area contributed by atoms with Gasteiger partial charge in [0.1, 0.15) is 0 Å². The normalized spacial score (nSPS) is 20.6. The summed E-state index contributed by atoms with van der Waals surface area (Å²) in [6, 6.07) is 3.66. The average Bonchev–Trinajstić information content (AvgIpc) is 2.74. The second-order valence-corrected chi connectivity index (χ2v) is 4.06. The van der Waals surface area contributed by atoms with E-state index in [1.807, 2.05) is 13.0 Å². The van der Waals surface area contributed by atoms with Crippen LogP contribution in [0.1, 0.15) is 23.5 Å². The molecular formula is C12H16FNO. The van der Waals surface area contributed by atoms with Gasteiger partial charge in [-0.2, -0.15) is 0 Å². The SMILES string of the molecule is COc1cc(C)cc(C2CCNC2)c1F. The Balaban J connectivity index is 2.40. The number of hydrogen-bond donors (Lipinski definition) is 1. The standard InChI is InChI=1S/C12H16FNO/c1-8-5-10(9-3-4-14-7-9)12(13)11(6-8)15-2/h5-6,9,14H,3-4,7H2,1-2H3. The molecule has 0 bridgehead atoms. The molecule has 2 nitrogen and oxygen atoms in total. The van der Waals surface area contributed by atoms with Crippen LogP contribution in [0.15, 0.2) is 12.1 Å². The number of nitrogens with one attached hydrogen (secondary N) is 1. The Kier molecular flexibility index (Phi) is 2.91. The largest absolute Gasteiger partial charge is 0.494 e. The van der Waals surface area contributed by atoms with Gasteiger partial charge < -0.3 is 10.1 Å². The van der Waals surface area contributed by atoms with Gasteiger partial charge in [-0.1, -0.05) is 6.07 Å². The number of halogens is 1. The summed E-state index contributed by atoms with van der Waals surface area (Å²) < 4.78 is 19.0. The molecule has 1 heterocycles. The number of hydrogen-bond acceptors (Lipinski definition) is 2. The summed E-state index contributed by atoms with van der Waals surface area (Å²) in [6.07, 6.45) is 1.00. The van der Waals surface area contributed by atoms with Gasteiger partial charge in [0.2, 0.25) is 0 Å². The summed E-state index contributed by atoms with van der Waals surface area (Å²) in [5.41, 5.74) is 1.84.